The van der Waals surface area contributed by atoms with E-state index in [2.05, 4.69) is 0 Å². The third kappa shape index (κ3) is 12.4. The first-order chi connectivity index (χ1) is 21.9. The van der Waals surface area contributed by atoms with E-state index in [9.17, 15) is 14.4 Å². The molecule has 0 bridgehead atoms. The topological polar surface area (TPSA) is 78.9 Å². The number of fused-ring (bicyclic) bond motifs is 2. The van der Waals surface area contributed by atoms with Crippen molar-refractivity contribution in [1.29, 1.82) is 0 Å². The van der Waals surface area contributed by atoms with Crippen LogP contribution in [0.4, 0.5) is 0 Å². The smallest absolute Gasteiger partial charge is 0.339 e. The highest BCUT2D eigenvalue weighted by Crippen LogP contribution is 2.22. The van der Waals surface area contributed by atoms with Crippen LogP contribution in [-0.2, 0) is 14.2 Å². The molecule has 5 rings (SSSR count). The van der Waals surface area contributed by atoms with Gasteiger partial charge in [0.15, 0.2) is 0 Å². The van der Waals surface area contributed by atoms with E-state index in [-0.39, 0.29) is 17.9 Å². The van der Waals surface area contributed by atoms with E-state index in [0.717, 1.165) is 21.5 Å². The largest absolute Gasteiger partial charge is 0.456 e. The molecular weight excluding hydrogens is 588 g/mol. The monoisotopic (exact) mass is 634 g/mol. The minimum absolute atomic E-state index is 0.269. The van der Waals surface area contributed by atoms with Gasteiger partial charge in [-0.3, -0.25) is 0 Å². The summed E-state index contributed by atoms with van der Waals surface area (Å²) in [5, 5.41) is 4.16. The van der Waals surface area contributed by atoms with Gasteiger partial charge in [-0.2, -0.15) is 0 Å². The molecule has 0 saturated carbocycles. The van der Waals surface area contributed by atoms with Gasteiger partial charge >= 0.3 is 17.9 Å². The van der Waals surface area contributed by atoms with Crippen LogP contribution in [0.5, 0.6) is 0 Å². The number of hydrogen-bond donors (Lipinski definition) is 0. The first-order valence-corrected chi connectivity index (χ1v) is 15.6. The Balaban J connectivity index is 0.000000194. The summed E-state index contributed by atoms with van der Waals surface area (Å²) < 4.78 is 15.9. The summed E-state index contributed by atoms with van der Waals surface area (Å²) in [7, 11) is 0. The van der Waals surface area contributed by atoms with Crippen LogP contribution >= 0.6 is 0 Å². The number of carbonyl (C=O) groups excluding carboxylic acids is 3. The summed E-state index contributed by atoms with van der Waals surface area (Å²) in [6.07, 6.45) is 0. The fourth-order valence-electron chi connectivity index (χ4n) is 4.30. The van der Waals surface area contributed by atoms with Crippen molar-refractivity contribution in [3.8, 4) is 0 Å². The summed E-state index contributed by atoms with van der Waals surface area (Å²) in [6, 6.07) is 36.0. The second-order valence-corrected chi connectivity index (χ2v) is 14.0. The Labute approximate surface area is 278 Å². The van der Waals surface area contributed by atoms with Crippen LogP contribution in [0.15, 0.2) is 115 Å². The van der Waals surface area contributed by atoms with Gasteiger partial charge in [-0.15, -0.1) is 0 Å². The van der Waals surface area contributed by atoms with E-state index in [0.29, 0.717) is 16.7 Å². The van der Waals surface area contributed by atoms with Gasteiger partial charge in [0.05, 0.1) is 16.7 Å². The molecule has 0 atom stereocenters. The highest BCUT2D eigenvalue weighted by molar-refractivity contribution is 6.04. The summed E-state index contributed by atoms with van der Waals surface area (Å²) in [6.45, 7) is 16.8. The van der Waals surface area contributed by atoms with E-state index < -0.39 is 16.8 Å². The lowest BCUT2D eigenvalue weighted by Gasteiger charge is -2.20. The summed E-state index contributed by atoms with van der Waals surface area (Å²) in [5.41, 5.74) is 0.470. The summed E-state index contributed by atoms with van der Waals surface area (Å²) >= 11 is 0. The third-order valence-electron chi connectivity index (χ3n) is 6.20. The summed E-state index contributed by atoms with van der Waals surface area (Å²) in [4.78, 5) is 35.4. The maximum Gasteiger partial charge on any atom is 0.339 e. The number of esters is 3. The van der Waals surface area contributed by atoms with E-state index in [1.54, 1.807) is 24.3 Å². The zero-order valence-corrected chi connectivity index (χ0v) is 28.9. The van der Waals surface area contributed by atoms with Gasteiger partial charge in [0.25, 0.3) is 0 Å². The molecule has 5 aromatic carbocycles. The van der Waals surface area contributed by atoms with Crippen molar-refractivity contribution in [2.45, 2.75) is 79.1 Å². The van der Waals surface area contributed by atoms with Gasteiger partial charge in [0.1, 0.15) is 16.8 Å². The van der Waals surface area contributed by atoms with Gasteiger partial charge in [-0.1, -0.05) is 84.9 Å². The average Bonchev–Trinajstić information content (AvgIpc) is 2.99. The van der Waals surface area contributed by atoms with Crippen LogP contribution in [0.2, 0.25) is 0 Å². The summed E-state index contributed by atoms with van der Waals surface area (Å²) in [5.74, 6) is -0.814. The molecule has 5 aromatic rings. The molecule has 0 heterocycles. The van der Waals surface area contributed by atoms with Gasteiger partial charge in [0, 0.05) is 0 Å². The second kappa shape index (κ2) is 15.5. The molecule has 0 aliphatic carbocycles. The van der Waals surface area contributed by atoms with Crippen molar-refractivity contribution in [2.75, 3.05) is 0 Å². The maximum atomic E-state index is 12.1. The molecule has 0 N–H and O–H groups in total. The quantitative estimate of drug-likeness (QED) is 0.145. The minimum Gasteiger partial charge on any atom is -0.456 e. The number of rotatable bonds is 3. The lowest BCUT2D eigenvalue weighted by atomic mass is 10.0. The number of hydrogen-bond acceptors (Lipinski definition) is 6. The lowest BCUT2D eigenvalue weighted by molar-refractivity contribution is 0.00571. The van der Waals surface area contributed by atoms with Crippen molar-refractivity contribution in [3.05, 3.63) is 132 Å². The fraction of sp³-hybridized carbons (Fsp3) is 0.293. The first kappa shape index (κ1) is 36.5. The zero-order chi connectivity index (χ0) is 34.8. The molecule has 0 amide bonds. The molecule has 0 fully saturated rings. The maximum absolute atomic E-state index is 12.1. The van der Waals surface area contributed by atoms with Crippen LogP contribution in [-0.4, -0.2) is 34.7 Å². The standard InChI is InChI=1S/2C15H16O2.C11H14O2/c1-15(2,3)17-14(16)13-10-6-8-11-7-4-5-9-12(11)13;1-15(2,3)17-14(16)13-9-8-11-6-4-5-7-12(11)10-13;1-11(2,3)13-10(12)9-7-5-4-6-8-9/h2*4-10H,1-3H3;4-8H,1-3H3. The van der Waals surface area contributed by atoms with Crippen LogP contribution in [0.1, 0.15) is 93.4 Å². The Morgan fingerprint density at radius 1 is 0.404 bits per heavy atom. The van der Waals surface area contributed by atoms with Crippen molar-refractivity contribution < 1.29 is 28.6 Å². The van der Waals surface area contributed by atoms with Crippen LogP contribution < -0.4 is 0 Å². The number of benzene rings is 5. The van der Waals surface area contributed by atoms with Crippen molar-refractivity contribution in [3.63, 3.8) is 0 Å². The molecule has 0 aliphatic rings. The van der Waals surface area contributed by atoms with Crippen molar-refractivity contribution in [2.24, 2.45) is 0 Å². The third-order valence-corrected chi connectivity index (χ3v) is 6.20. The van der Waals surface area contributed by atoms with E-state index in [4.69, 9.17) is 14.2 Å². The molecule has 246 valence electrons. The SMILES string of the molecule is CC(C)(C)OC(=O)c1ccc2ccccc2c1.CC(C)(C)OC(=O)c1cccc2ccccc12.CC(C)(C)OC(=O)c1ccccc1. The molecule has 47 heavy (non-hydrogen) atoms. The van der Waals surface area contributed by atoms with Crippen molar-refractivity contribution >= 4 is 39.5 Å². The molecule has 0 spiro atoms. The average molecular weight is 635 g/mol. The van der Waals surface area contributed by atoms with Crippen LogP contribution in [0, 0.1) is 0 Å². The molecule has 0 unspecified atom stereocenters. The van der Waals surface area contributed by atoms with Crippen LogP contribution in [0.25, 0.3) is 21.5 Å². The highest BCUT2D eigenvalue weighted by atomic mass is 16.6. The molecule has 6 nitrogen and oxygen atoms in total. The number of ether oxygens (including phenoxy) is 3. The van der Waals surface area contributed by atoms with Gasteiger partial charge in [-0.25, -0.2) is 14.4 Å². The van der Waals surface area contributed by atoms with Gasteiger partial charge in [0.2, 0.25) is 0 Å². The minimum atomic E-state index is -0.464. The Morgan fingerprint density at radius 3 is 1.43 bits per heavy atom. The zero-order valence-electron chi connectivity index (χ0n) is 28.9. The highest BCUT2D eigenvalue weighted by Gasteiger charge is 2.20. The lowest BCUT2D eigenvalue weighted by Crippen LogP contribution is -2.24. The number of carbonyl (C=O) groups is 3. The predicted molar refractivity (Wildman–Crippen MR) is 190 cm³/mol. The van der Waals surface area contributed by atoms with Gasteiger partial charge < -0.3 is 14.2 Å². The molecule has 0 aromatic heterocycles. The fourth-order valence-corrected chi connectivity index (χ4v) is 4.30. The molecular formula is C41H46O6. The Hall–Kier alpha value is -4.97. The second-order valence-electron chi connectivity index (χ2n) is 14.0. The van der Waals surface area contributed by atoms with E-state index in [1.807, 2.05) is 153 Å². The Morgan fingerprint density at radius 2 is 0.851 bits per heavy atom. The molecule has 6 heteroatoms. The van der Waals surface area contributed by atoms with Crippen molar-refractivity contribution in [1.82, 2.24) is 0 Å². The van der Waals surface area contributed by atoms with Gasteiger partial charge in [-0.05, 0) is 114 Å². The molecule has 0 saturated heterocycles. The first-order valence-electron chi connectivity index (χ1n) is 15.6. The molecule has 0 aliphatic heterocycles. The molecule has 0 radical (unpaired) electrons. The van der Waals surface area contributed by atoms with E-state index >= 15 is 0 Å². The van der Waals surface area contributed by atoms with Crippen LogP contribution in [0.3, 0.4) is 0 Å². The Kier molecular flexibility index (Phi) is 12.1. The normalized spacial score (nSPS) is 11.3. The van der Waals surface area contributed by atoms with E-state index in [1.165, 1.54) is 0 Å². The predicted octanol–water partition coefficient (Wildman–Crippen LogP) is 10.2. The Bertz CT molecular complexity index is 1790.